The minimum absolute atomic E-state index is 0.334. The van der Waals surface area contributed by atoms with Crippen molar-refractivity contribution in [1.82, 2.24) is 9.97 Å². The van der Waals surface area contributed by atoms with Crippen molar-refractivity contribution in [3.63, 3.8) is 0 Å². The number of aromatic amines is 1. The SMILES string of the molecule is CSC(CN)c1nc[nH]c1C. The monoisotopic (exact) mass is 171 g/mol. The van der Waals surface area contributed by atoms with Gasteiger partial charge in [-0.1, -0.05) is 0 Å². The van der Waals surface area contributed by atoms with Crippen LogP contribution >= 0.6 is 11.8 Å². The van der Waals surface area contributed by atoms with Crippen LogP contribution in [0.1, 0.15) is 16.6 Å². The lowest BCUT2D eigenvalue weighted by Gasteiger charge is -2.08. The van der Waals surface area contributed by atoms with E-state index in [2.05, 4.69) is 9.97 Å². The molecule has 0 fully saturated rings. The van der Waals surface area contributed by atoms with Gasteiger partial charge in [-0.3, -0.25) is 0 Å². The maximum atomic E-state index is 5.57. The molecule has 0 aliphatic carbocycles. The average molecular weight is 171 g/mol. The lowest BCUT2D eigenvalue weighted by molar-refractivity contribution is 0.901. The summed E-state index contributed by atoms with van der Waals surface area (Å²) in [6, 6.07) is 0. The zero-order valence-corrected chi connectivity index (χ0v) is 7.61. The lowest BCUT2D eigenvalue weighted by atomic mass is 10.2. The van der Waals surface area contributed by atoms with Gasteiger partial charge in [-0.15, -0.1) is 0 Å². The summed E-state index contributed by atoms with van der Waals surface area (Å²) in [7, 11) is 0. The fourth-order valence-electron chi connectivity index (χ4n) is 1.01. The van der Waals surface area contributed by atoms with Gasteiger partial charge in [0.1, 0.15) is 0 Å². The summed E-state index contributed by atoms with van der Waals surface area (Å²) in [5.74, 6) is 0. The maximum absolute atomic E-state index is 5.57. The van der Waals surface area contributed by atoms with Crippen LogP contribution in [-0.4, -0.2) is 22.8 Å². The first-order valence-electron chi connectivity index (χ1n) is 3.52. The van der Waals surface area contributed by atoms with Gasteiger partial charge in [0, 0.05) is 12.2 Å². The number of hydrogen-bond acceptors (Lipinski definition) is 3. The first-order valence-corrected chi connectivity index (χ1v) is 4.81. The Bertz CT molecular complexity index is 217. The Balaban J connectivity index is 2.81. The van der Waals surface area contributed by atoms with Crippen LogP contribution < -0.4 is 5.73 Å². The van der Waals surface area contributed by atoms with Crippen molar-refractivity contribution >= 4 is 11.8 Å². The van der Waals surface area contributed by atoms with Crippen LogP contribution in [0.25, 0.3) is 0 Å². The molecule has 0 spiro atoms. The molecular weight excluding hydrogens is 158 g/mol. The lowest BCUT2D eigenvalue weighted by Crippen LogP contribution is -2.10. The van der Waals surface area contributed by atoms with E-state index >= 15 is 0 Å². The zero-order valence-electron chi connectivity index (χ0n) is 6.79. The highest BCUT2D eigenvalue weighted by molar-refractivity contribution is 7.98. The van der Waals surface area contributed by atoms with Crippen LogP contribution in [0.15, 0.2) is 6.33 Å². The van der Waals surface area contributed by atoms with E-state index in [0.29, 0.717) is 11.8 Å². The Kier molecular flexibility index (Phi) is 2.96. The number of aryl methyl sites for hydroxylation is 1. The first-order chi connectivity index (χ1) is 5.29. The van der Waals surface area contributed by atoms with Gasteiger partial charge >= 0.3 is 0 Å². The topological polar surface area (TPSA) is 54.7 Å². The average Bonchev–Trinajstić information content (AvgIpc) is 2.40. The van der Waals surface area contributed by atoms with E-state index in [0.717, 1.165) is 11.4 Å². The van der Waals surface area contributed by atoms with Gasteiger partial charge in [-0.05, 0) is 13.2 Å². The van der Waals surface area contributed by atoms with Gasteiger partial charge in [0.2, 0.25) is 0 Å². The van der Waals surface area contributed by atoms with Gasteiger partial charge in [0.15, 0.2) is 0 Å². The quantitative estimate of drug-likeness (QED) is 0.715. The second-order valence-corrected chi connectivity index (χ2v) is 3.41. The van der Waals surface area contributed by atoms with Gasteiger partial charge in [-0.2, -0.15) is 11.8 Å². The van der Waals surface area contributed by atoms with E-state index in [1.54, 1.807) is 18.1 Å². The maximum Gasteiger partial charge on any atom is 0.0925 e. The van der Waals surface area contributed by atoms with E-state index in [1.165, 1.54) is 0 Å². The molecule has 1 aromatic rings. The molecule has 0 radical (unpaired) electrons. The molecule has 1 atom stereocenters. The number of imidazole rings is 1. The van der Waals surface area contributed by atoms with E-state index in [9.17, 15) is 0 Å². The Morgan fingerprint density at radius 2 is 2.55 bits per heavy atom. The summed E-state index contributed by atoms with van der Waals surface area (Å²) in [5, 5.41) is 0.334. The normalized spacial score (nSPS) is 13.4. The first kappa shape index (κ1) is 8.62. The highest BCUT2D eigenvalue weighted by atomic mass is 32.2. The van der Waals surface area contributed by atoms with Crippen molar-refractivity contribution in [3.8, 4) is 0 Å². The molecule has 0 aliphatic heterocycles. The van der Waals surface area contributed by atoms with E-state index in [4.69, 9.17) is 5.73 Å². The third-order valence-electron chi connectivity index (χ3n) is 1.67. The molecule has 0 saturated heterocycles. The second-order valence-electron chi connectivity index (χ2n) is 2.37. The summed E-state index contributed by atoms with van der Waals surface area (Å²) in [5.41, 5.74) is 7.77. The van der Waals surface area contributed by atoms with Crippen LogP contribution in [0, 0.1) is 6.92 Å². The van der Waals surface area contributed by atoms with E-state index < -0.39 is 0 Å². The molecule has 0 aromatic carbocycles. The molecule has 1 aromatic heterocycles. The van der Waals surface area contributed by atoms with Crippen molar-refractivity contribution in [1.29, 1.82) is 0 Å². The zero-order chi connectivity index (χ0) is 8.27. The number of hydrogen-bond donors (Lipinski definition) is 2. The number of aromatic nitrogens is 2. The molecule has 1 unspecified atom stereocenters. The fourth-order valence-corrected chi connectivity index (χ4v) is 1.67. The molecule has 0 saturated carbocycles. The van der Waals surface area contributed by atoms with Gasteiger partial charge in [-0.25, -0.2) is 4.98 Å². The predicted molar refractivity (Wildman–Crippen MR) is 48.6 cm³/mol. The smallest absolute Gasteiger partial charge is 0.0925 e. The summed E-state index contributed by atoms with van der Waals surface area (Å²) in [6.07, 6.45) is 3.76. The molecule has 11 heavy (non-hydrogen) atoms. The van der Waals surface area contributed by atoms with Gasteiger partial charge in [0.05, 0.1) is 17.3 Å². The number of nitrogens with zero attached hydrogens (tertiary/aromatic N) is 1. The van der Waals surface area contributed by atoms with Crippen molar-refractivity contribution in [2.45, 2.75) is 12.2 Å². The Morgan fingerprint density at radius 3 is 2.91 bits per heavy atom. The Hall–Kier alpha value is -0.480. The minimum atomic E-state index is 0.334. The minimum Gasteiger partial charge on any atom is -0.348 e. The molecule has 1 rings (SSSR count). The largest absolute Gasteiger partial charge is 0.348 e. The van der Waals surface area contributed by atoms with Crippen molar-refractivity contribution in [2.75, 3.05) is 12.8 Å². The molecule has 1 heterocycles. The molecule has 0 aliphatic rings. The third-order valence-corrected chi connectivity index (χ3v) is 2.66. The molecule has 3 nitrogen and oxygen atoms in total. The highest BCUT2D eigenvalue weighted by Crippen LogP contribution is 2.24. The molecule has 3 N–H and O–H groups in total. The Labute approximate surface area is 70.8 Å². The van der Waals surface area contributed by atoms with Crippen molar-refractivity contribution in [2.24, 2.45) is 5.73 Å². The number of rotatable bonds is 3. The highest BCUT2D eigenvalue weighted by Gasteiger charge is 2.12. The van der Waals surface area contributed by atoms with Gasteiger partial charge in [0.25, 0.3) is 0 Å². The summed E-state index contributed by atoms with van der Waals surface area (Å²) in [4.78, 5) is 7.24. The van der Waals surface area contributed by atoms with E-state index in [-0.39, 0.29) is 0 Å². The van der Waals surface area contributed by atoms with Crippen LogP contribution in [0.5, 0.6) is 0 Å². The van der Waals surface area contributed by atoms with Crippen LogP contribution in [0.4, 0.5) is 0 Å². The summed E-state index contributed by atoms with van der Waals surface area (Å²) in [6.45, 7) is 2.66. The fraction of sp³-hybridized carbons (Fsp3) is 0.571. The number of thioether (sulfide) groups is 1. The van der Waals surface area contributed by atoms with Gasteiger partial charge < -0.3 is 10.7 Å². The second kappa shape index (κ2) is 3.78. The molecule has 62 valence electrons. The molecular formula is C7H13N3S. The van der Waals surface area contributed by atoms with Crippen LogP contribution in [0.2, 0.25) is 0 Å². The summed E-state index contributed by atoms with van der Waals surface area (Å²) < 4.78 is 0. The molecule has 4 heteroatoms. The number of H-pyrrole nitrogens is 1. The predicted octanol–water partition coefficient (Wildman–Crippen LogP) is 1.08. The molecule has 0 amide bonds. The van der Waals surface area contributed by atoms with Crippen LogP contribution in [-0.2, 0) is 0 Å². The number of nitrogens with two attached hydrogens (primary N) is 1. The summed E-state index contributed by atoms with van der Waals surface area (Å²) >= 11 is 1.73. The third kappa shape index (κ3) is 1.75. The number of nitrogens with one attached hydrogen (secondary N) is 1. The van der Waals surface area contributed by atoms with Crippen molar-refractivity contribution in [3.05, 3.63) is 17.7 Å². The standard InChI is InChI=1S/C7H13N3S/c1-5-7(10-4-9-5)6(3-8)11-2/h4,6H,3,8H2,1-2H3,(H,9,10). The van der Waals surface area contributed by atoms with Crippen molar-refractivity contribution < 1.29 is 0 Å². The van der Waals surface area contributed by atoms with Crippen LogP contribution in [0.3, 0.4) is 0 Å². The van der Waals surface area contributed by atoms with E-state index in [1.807, 2.05) is 13.2 Å². The Morgan fingerprint density at radius 1 is 1.82 bits per heavy atom. The molecule has 0 bridgehead atoms.